The summed E-state index contributed by atoms with van der Waals surface area (Å²) in [4.78, 5) is 25.2. The molecule has 1 aromatic heterocycles. The molecule has 0 saturated carbocycles. The van der Waals surface area contributed by atoms with Crippen molar-refractivity contribution < 1.29 is 9.59 Å². The summed E-state index contributed by atoms with van der Waals surface area (Å²) in [5.41, 5.74) is 6.62. The smallest absolute Gasteiger partial charge is 0.261 e. The van der Waals surface area contributed by atoms with Gasteiger partial charge in [-0.15, -0.1) is 10.2 Å². The first-order valence-corrected chi connectivity index (χ1v) is 7.77. The van der Waals surface area contributed by atoms with E-state index in [-0.39, 0.29) is 17.0 Å². The lowest BCUT2D eigenvalue weighted by molar-refractivity contribution is -0.126. The van der Waals surface area contributed by atoms with Crippen LogP contribution in [0.5, 0.6) is 0 Å². The molecule has 3 N–H and O–H groups in total. The number of hydrogen-bond donors (Lipinski definition) is 2. The summed E-state index contributed by atoms with van der Waals surface area (Å²) in [6.07, 6.45) is 3.19. The van der Waals surface area contributed by atoms with E-state index in [0.717, 1.165) is 32.1 Å². The SMILES string of the molecule is CC[C@H]1CCN(c2cc(/C(=C/N)C(=O)NC(C)=O)nnc2C#N)C1. The molecule has 2 amide bonds. The maximum atomic E-state index is 12.0. The zero-order valence-corrected chi connectivity index (χ0v) is 13.7. The molecule has 0 aromatic carbocycles. The number of rotatable bonds is 4. The fourth-order valence-corrected chi connectivity index (χ4v) is 2.72. The van der Waals surface area contributed by atoms with Crippen LogP contribution in [0.4, 0.5) is 5.69 Å². The molecule has 2 heterocycles. The summed E-state index contributed by atoms with van der Waals surface area (Å²) in [7, 11) is 0. The number of anilines is 1. The summed E-state index contributed by atoms with van der Waals surface area (Å²) in [6.45, 7) is 5.02. The number of aromatic nitrogens is 2. The topological polar surface area (TPSA) is 125 Å². The Bertz CT molecular complexity index is 722. The number of carbonyl (C=O) groups excluding carboxylic acids is 2. The number of nitrogens with one attached hydrogen (secondary N) is 1. The van der Waals surface area contributed by atoms with Crippen LogP contribution in [0.25, 0.3) is 5.57 Å². The molecule has 8 heteroatoms. The van der Waals surface area contributed by atoms with Gasteiger partial charge in [-0.05, 0) is 18.4 Å². The van der Waals surface area contributed by atoms with Crippen LogP contribution in [-0.2, 0) is 9.59 Å². The van der Waals surface area contributed by atoms with Crippen LogP contribution in [-0.4, -0.2) is 35.1 Å². The Morgan fingerprint density at radius 3 is 2.83 bits per heavy atom. The first-order valence-electron chi connectivity index (χ1n) is 7.77. The number of imide groups is 1. The van der Waals surface area contributed by atoms with E-state index in [9.17, 15) is 14.9 Å². The van der Waals surface area contributed by atoms with Gasteiger partial charge >= 0.3 is 0 Å². The molecule has 1 atom stereocenters. The number of amides is 2. The van der Waals surface area contributed by atoms with Crippen molar-refractivity contribution in [1.29, 1.82) is 5.26 Å². The van der Waals surface area contributed by atoms with Crippen molar-refractivity contribution in [1.82, 2.24) is 15.5 Å². The lowest BCUT2D eigenvalue weighted by atomic mass is 10.1. The highest BCUT2D eigenvalue weighted by molar-refractivity contribution is 6.23. The molecule has 1 aliphatic rings. The number of nitrogens with zero attached hydrogens (tertiary/aromatic N) is 4. The Kier molecular flexibility index (Phi) is 5.47. The van der Waals surface area contributed by atoms with Crippen molar-refractivity contribution in [2.75, 3.05) is 18.0 Å². The van der Waals surface area contributed by atoms with Gasteiger partial charge in [0.05, 0.1) is 11.3 Å². The Morgan fingerprint density at radius 1 is 1.54 bits per heavy atom. The lowest BCUT2D eigenvalue weighted by Crippen LogP contribution is -2.30. The summed E-state index contributed by atoms with van der Waals surface area (Å²) in [5, 5.41) is 19.2. The van der Waals surface area contributed by atoms with Crippen molar-refractivity contribution in [2.45, 2.75) is 26.7 Å². The van der Waals surface area contributed by atoms with Gasteiger partial charge in [-0.25, -0.2) is 0 Å². The minimum Gasteiger partial charge on any atom is -0.404 e. The van der Waals surface area contributed by atoms with Crippen molar-refractivity contribution in [3.8, 4) is 6.07 Å². The van der Waals surface area contributed by atoms with Gasteiger partial charge in [0.15, 0.2) is 5.69 Å². The fourth-order valence-electron chi connectivity index (χ4n) is 2.72. The molecular formula is C16H20N6O2. The number of nitrogens with two attached hydrogens (primary N) is 1. The third kappa shape index (κ3) is 3.68. The number of hydrogen-bond acceptors (Lipinski definition) is 7. The van der Waals surface area contributed by atoms with Crippen molar-refractivity contribution in [3.05, 3.63) is 23.7 Å². The molecule has 0 unspecified atom stereocenters. The minimum atomic E-state index is -0.650. The minimum absolute atomic E-state index is 0.0367. The van der Waals surface area contributed by atoms with Gasteiger partial charge in [0.25, 0.3) is 5.91 Å². The Hall–Kier alpha value is -2.95. The second-order valence-electron chi connectivity index (χ2n) is 5.67. The Labute approximate surface area is 140 Å². The van der Waals surface area contributed by atoms with Crippen LogP contribution in [0.2, 0.25) is 0 Å². The van der Waals surface area contributed by atoms with Gasteiger partial charge in [-0.1, -0.05) is 13.3 Å². The second kappa shape index (κ2) is 7.55. The number of carbonyl (C=O) groups is 2. The van der Waals surface area contributed by atoms with Gasteiger partial charge < -0.3 is 10.6 Å². The average Bonchev–Trinajstić information content (AvgIpc) is 3.03. The molecule has 1 fully saturated rings. The predicted molar refractivity (Wildman–Crippen MR) is 88.3 cm³/mol. The molecular weight excluding hydrogens is 308 g/mol. The first-order chi connectivity index (χ1) is 11.5. The van der Waals surface area contributed by atoms with E-state index in [1.165, 1.54) is 6.92 Å². The summed E-state index contributed by atoms with van der Waals surface area (Å²) >= 11 is 0. The molecule has 24 heavy (non-hydrogen) atoms. The monoisotopic (exact) mass is 328 g/mol. The highest BCUT2D eigenvalue weighted by Gasteiger charge is 2.25. The van der Waals surface area contributed by atoms with Gasteiger partial charge in [0.1, 0.15) is 11.8 Å². The van der Waals surface area contributed by atoms with Gasteiger partial charge in [-0.3, -0.25) is 14.9 Å². The third-order valence-corrected chi connectivity index (χ3v) is 4.06. The standard InChI is InChI=1S/C16H20N6O2/c1-3-11-4-5-22(9-11)15-6-13(20-21-14(15)8-18)12(7-17)16(24)19-10(2)23/h6-7,11H,3-5,9,17H2,1-2H3,(H,19,23,24)/b12-7-/t11-/m0/s1. The van der Waals surface area contributed by atoms with Crippen molar-refractivity contribution >= 4 is 23.1 Å². The molecule has 0 bridgehead atoms. The lowest BCUT2D eigenvalue weighted by Gasteiger charge is -2.19. The fraction of sp³-hybridized carbons (Fsp3) is 0.438. The predicted octanol–water partition coefficient (Wildman–Crippen LogP) is 0.547. The molecule has 8 nitrogen and oxygen atoms in total. The zero-order chi connectivity index (χ0) is 17.7. The highest BCUT2D eigenvalue weighted by Crippen LogP contribution is 2.28. The molecule has 126 valence electrons. The molecule has 0 aliphatic carbocycles. The Morgan fingerprint density at radius 2 is 2.29 bits per heavy atom. The summed E-state index contributed by atoms with van der Waals surface area (Å²) in [6, 6.07) is 3.66. The van der Waals surface area contributed by atoms with E-state index < -0.39 is 11.8 Å². The maximum absolute atomic E-state index is 12.0. The molecule has 0 radical (unpaired) electrons. The van der Waals surface area contributed by atoms with Crippen LogP contribution in [0.15, 0.2) is 12.3 Å². The molecule has 1 aliphatic heterocycles. The van der Waals surface area contributed by atoms with Crippen molar-refractivity contribution in [2.24, 2.45) is 11.7 Å². The van der Waals surface area contributed by atoms with Gasteiger partial charge in [-0.2, -0.15) is 5.26 Å². The van der Waals surface area contributed by atoms with Gasteiger partial charge in [0, 0.05) is 26.2 Å². The normalized spacial score (nSPS) is 17.5. The van der Waals surface area contributed by atoms with E-state index in [2.05, 4.69) is 27.3 Å². The zero-order valence-electron chi connectivity index (χ0n) is 13.7. The molecule has 1 saturated heterocycles. The van der Waals surface area contributed by atoms with E-state index in [4.69, 9.17) is 5.73 Å². The van der Waals surface area contributed by atoms with Crippen LogP contribution in [0.3, 0.4) is 0 Å². The summed E-state index contributed by atoms with van der Waals surface area (Å²) in [5.74, 6) is -0.576. The maximum Gasteiger partial charge on any atom is 0.261 e. The average molecular weight is 328 g/mol. The molecule has 2 rings (SSSR count). The van der Waals surface area contributed by atoms with Crippen molar-refractivity contribution in [3.63, 3.8) is 0 Å². The van der Waals surface area contributed by atoms with Crippen LogP contribution < -0.4 is 16.0 Å². The van der Waals surface area contributed by atoms with Crippen LogP contribution in [0, 0.1) is 17.2 Å². The largest absolute Gasteiger partial charge is 0.404 e. The van der Waals surface area contributed by atoms with E-state index in [1.807, 2.05) is 6.07 Å². The van der Waals surface area contributed by atoms with E-state index in [0.29, 0.717) is 11.6 Å². The quantitative estimate of drug-likeness (QED) is 0.773. The first kappa shape index (κ1) is 17.4. The Balaban J connectivity index is 2.36. The van der Waals surface area contributed by atoms with E-state index >= 15 is 0 Å². The van der Waals surface area contributed by atoms with Crippen LogP contribution in [0.1, 0.15) is 38.1 Å². The third-order valence-electron chi connectivity index (χ3n) is 4.06. The van der Waals surface area contributed by atoms with Gasteiger partial charge in [0.2, 0.25) is 5.91 Å². The summed E-state index contributed by atoms with van der Waals surface area (Å²) < 4.78 is 0. The second-order valence-corrected chi connectivity index (χ2v) is 5.67. The molecule has 0 spiro atoms. The van der Waals surface area contributed by atoms with E-state index in [1.54, 1.807) is 6.07 Å². The van der Waals surface area contributed by atoms with Crippen LogP contribution >= 0.6 is 0 Å². The molecule has 1 aromatic rings. The number of nitriles is 1. The highest BCUT2D eigenvalue weighted by atomic mass is 16.2.